The van der Waals surface area contributed by atoms with Gasteiger partial charge in [-0.2, -0.15) is 0 Å². The van der Waals surface area contributed by atoms with Gasteiger partial charge in [-0.3, -0.25) is 14.5 Å². The summed E-state index contributed by atoms with van der Waals surface area (Å²) in [5.74, 6) is -0.305. The highest BCUT2D eigenvalue weighted by atomic mass is 35.5. The van der Waals surface area contributed by atoms with Crippen molar-refractivity contribution < 1.29 is 14.3 Å². The highest BCUT2D eigenvalue weighted by Crippen LogP contribution is 2.40. The number of aryl methyl sites for hydroxylation is 2. The Labute approximate surface area is 195 Å². The van der Waals surface area contributed by atoms with Crippen molar-refractivity contribution in [1.29, 1.82) is 0 Å². The number of fused-ring (bicyclic) bond motifs is 1. The monoisotopic (exact) mass is 481 g/mol. The number of nitrogens with zero attached hydrogens (tertiary/aromatic N) is 2. The minimum atomic E-state index is -0.955. The molecule has 4 rings (SSSR count). The summed E-state index contributed by atoms with van der Waals surface area (Å²) in [7, 11) is 0. The molecule has 1 amide bonds. The number of amides is 1. The van der Waals surface area contributed by atoms with Gasteiger partial charge in [0.05, 0.1) is 29.8 Å². The number of nitrogens with one attached hydrogen (secondary N) is 1. The number of aliphatic hydroxyl groups excluding tert-OH is 1. The number of aromatic nitrogens is 1. The number of benzene rings is 1. The summed E-state index contributed by atoms with van der Waals surface area (Å²) in [6, 6.07) is 3.02. The number of halogens is 3. The van der Waals surface area contributed by atoms with Crippen LogP contribution in [0.1, 0.15) is 50.8 Å². The smallest absolute Gasteiger partial charge is 0.256 e. The molecule has 2 atom stereocenters. The molecule has 0 bridgehead atoms. The summed E-state index contributed by atoms with van der Waals surface area (Å²) in [6.45, 7) is 4.66. The molecule has 6 nitrogen and oxygen atoms in total. The van der Waals surface area contributed by atoms with Gasteiger partial charge in [-0.1, -0.05) is 23.2 Å². The number of carbonyl (C=O) groups is 1. The van der Waals surface area contributed by atoms with Gasteiger partial charge in [-0.15, -0.1) is 0 Å². The molecular weight excluding hydrogens is 456 g/mol. The second-order valence-corrected chi connectivity index (χ2v) is 9.40. The topological polar surface area (TPSA) is 76.6 Å². The van der Waals surface area contributed by atoms with Crippen molar-refractivity contribution in [2.45, 2.75) is 45.4 Å². The molecule has 2 aliphatic heterocycles. The lowest BCUT2D eigenvalue weighted by Crippen LogP contribution is -2.39. The molecule has 2 aliphatic rings. The highest BCUT2D eigenvalue weighted by Gasteiger charge is 2.35. The summed E-state index contributed by atoms with van der Waals surface area (Å²) >= 11 is 13.3. The van der Waals surface area contributed by atoms with Gasteiger partial charge in [-0.25, -0.2) is 4.39 Å². The van der Waals surface area contributed by atoms with E-state index < -0.39 is 12.2 Å². The van der Waals surface area contributed by atoms with Crippen LogP contribution in [0.4, 0.5) is 4.39 Å². The van der Waals surface area contributed by atoms with E-state index in [1.165, 1.54) is 0 Å². The summed E-state index contributed by atoms with van der Waals surface area (Å²) in [5.41, 5.74) is 3.39. The van der Waals surface area contributed by atoms with E-state index in [0.29, 0.717) is 53.2 Å². The second kappa shape index (κ2) is 9.14. The minimum absolute atomic E-state index is 0.164. The Kier molecular flexibility index (Phi) is 6.63. The zero-order valence-electron chi connectivity index (χ0n) is 18.1. The van der Waals surface area contributed by atoms with Gasteiger partial charge in [0.25, 0.3) is 11.5 Å². The molecule has 0 radical (unpaired) electrons. The van der Waals surface area contributed by atoms with Gasteiger partial charge in [0.1, 0.15) is 6.17 Å². The summed E-state index contributed by atoms with van der Waals surface area (Å²) in [5, 5.41) is 10.7. The van der Waals surface area contributed by atoms with Crippen LogP contribution in [-0.2, 0) is 13.0 Å². The van der Waals surface area contributed by atoms with Crippen molar-refractivity contribution in [3.8, 4) is 0 Å². The molecule has 1 aromatic heterocycles. The lowest BCUT2D eigenvalue weighted by atomic mass is 9.93. The van der Waals surface area contributed by atoms with Gasteiger partial charge in [-0.05, 0) is 55.5 Å². The number of H-pyrrole nitrogens is 1. The van der Waals surface area contributed by atoms with Crippen LogP contribution in [0.15, 0.2) is 16.9 Å². The predicted octanol–water partition coefficient (Wildman–Crippen LogP) is 3.57. The summed E-state index contributed by atoms with van der Waals surface area (Å²) < 4.78 is 13.8. The quantitative estimate of drug-likeness (QED) is 0.684. The first-order chi connectivity index (χ1) is 15.2. The van der Waals surface area contributed by atoms with E-state index in [4.69, 9.17) is 23.2 Å². The SMILES string of the molecule is Cc1cc(C)c(CN2CCc3c(Cl)cc(C(CO)N4CCC(F)C4)c(Cl)c3C2=O)c(=O)[nH]1. The van der Waals surface area contributed by atoms with E-state index in [-0.39, 0.29) is 36.2 Å². The van der Waals surface area contributed by atoms with Gasteiger partial charge in [0.15, 0.2) is 0 Å². The third-order valence-electron chi connectivity index (χ3n) is 6.46. The molecule has 0 saturated carbocycles. The Balaban J connectivity index is 1.70. The first-order valence-corrected chi connectivity index (χ1v) is 11.4. The number of aromatic amines is 1. The summed E-state index contributed by atoms with van der Waals surface area (Å²) in [4.78, 5) is 32.1. The normalized spacial score (nSPS) is 20.0. The average molecular weight is 482 g/mol. The zero-order chi connectivity index (χ0) is 23.2. The molecule has 0 spiro atoms. The highest BCUT2D eigenvalue weighted by molar-refractivity contribution is 6.37. The van der Waals surface area contributed by atoms with Crippen LogP contribution in [0.3, 0.4) is 0 Å². The first-order valence-electron chi connectivity index (χ1n) is 10.7. The van der Waals surface area contributed by atoms with Crippen LogP contribution in [0.25, 0.3) is 0 Å². The van der Waals surface area contributed by atoms with Crippen LogP contribution in [-0.4, -0.2) is 58.2 Å². The molecule has 32 heavy (non-hydrogen) atoms. The fraction of sp³-hybridized carbons (Fsp3) is 0.478. The number of likely N-dealkylation sites (tertiary alicyclic amines) is 1. The van der Waals surface area contributed by atoms with Gasteiger partial charge >= 0.3 is 0 Å². The number of hydrogen-bond acceptors (Lipinski definition) is 4. The number of hydrogen-bond donors (Lipinski definition) is 2. The van der Waals surface area contributed by atoms with E-state index in [1.807, 2.05) is 24.8 Å². The molecule has 2 unspecified atom stereocenters. The fourth-order valence-electron chi connectivity index (χ4n) is 4.76. The molecule has 1 aromatic carbocycles. The maximum Gasteiger partial charge on any atom is 0.256 e. The van der Waals surface area contributed by atoms with E-state index in [9.17, 15) is 19.1 Å². The first kappa shape index (κ1) is 23.2. The Morgan fingerprint density at radius 1 is 1.25 bits per heavy atom. The molecule has 2 N–H and O–H groups in total. The Bertz CT molecular complexity index is 1120. The van der Waals surface area contributed by atoms with Crippen LogP contribution in [0.5, 0.6) is 0 Å². The third kappa shape index (κ3) is 4.19. The zero-order valence-corrected chi connectivity index (χ0v) is 19.6. The number of aliphatic hydroxyl groups is 1. The van der Waals surface area contributed by atoms with Crippen LogP contribution in [0.2, 0.25) is 10.0 Å². The Hall–Kier alpha value is -1.93. The summed E-state index contributed by atoms with van der Waals surface area (Å²) in [6.07, 6.45) is -0.0592. The maximum atomic E-state index is 13.8. The standard InChI is InChI=1S/C23H26Cl2FN3O3/c1-12-7-13(2)27-22(31)17(12)10-29-6-4-15-18(24)8-16(21(25)20(15)23(29)32)19(11-30)28-5-3-14(26)9-28/h7-8,14,19,30H,3-6,9-11H2,1-2H3,(H,27,31). The van der Waals surface area contributed by atoms with Crippen LogP contribution < -0.4 is 5.56 Å². The predicted molar refractivity (Wildman–Crippen MR) is 122 cm³/mol. The number of carbonyl (C=O) groups excluding carboxylic acids is 1. The van der Waals surface area contributed by atoms with E-state index in [1.54, 1.807) is 11.0 Å². The Morgan fingerprint density at radius 3 is 2.62 bits per heavy atom. The Morgan fingerprint density at radius 2 is 2.00 bits per heavy atom. The number of rotatable bonds is 5. The van der Waals surface area contributed by atoms with Crippen LogP contribution in [0, 0.1) is 13.8 Å². The molecule has 1 fully saturated rings. The third-order valence-corrected chi connectivity index (χ3v) is 7.20. The van der Waals surface area contributed by atoms with Crippen molar-refractivity contribution in [2.24, 2.45) is 0 Å². The molecule has 2 aromatic rings. The fourth-order valence-corrected chi connectivity index (χ4v) is 5.44. The molecule has 172 valence electrons. The van der Waals surface area contributed by atoms with Crippen molar-refractivity contribution in [3.05, 3.63) is 66.0 Å². The molecule has 3 heterocycles. The van der Waals surface area contributed by atoms with E-state index in [0.717, 1.165) is 11.3 Å². The second-order valence-electron chi connectivity index (χ2n) is 8.61. The van der Waals surface area contributed by atoms with E-state index in [2.05, 4.69) is 4.98 Å². The van der Waals surface area contributed by atoms with Crippen molar-refractivity contribution in [1.82, 2.24) is 14.8 Å². The van der Waals surface area contributed by atoms with Crippen molar-refractivity contribution in [2.75, 3.05) is 26.2 Å². The van der Waals surface area contributed by atoms with Gasteiger partial charge in [0.2, 0.25) is 0 Å². The molecular formula is C23H26Cl2FN3O3. The molecule has 1 saturated heterocycles. The van der Waals surface area contributed by atoms with Crippen LogP contribution >= 0.6 is 23.2 Å². The lowest BCUT2D eigenvalue weighted by molar-refractivity contribution is 0.0725. The van der Waals surface area contributed by atoms with E-state index >= 15 is 0 Å². The van der Waals surface area contributed by atoms with Crippen molar-refractivity contribution >= 4 is 29.1 Å². The molecule has 9 heteroatoms. The number of alkyl halides is 1. The minimum Gasteiger partial charge on any atom is -0.394 e. The van der Waals surface area contributed by atoms with Crippen molar-refractivity contribution in [3.63, 3.8) is 0 Å². The van der Waals surface area contributed by atoms with Gasteiger partial charge in [0, 0.05) is 35.9 Å². The maximum absolute atomic E-state index is 13.8. The number of pyridine rings is 1. The lowest BCUT2D eigenvalue weighted by Gasteiger charge is -2.33. The largest absolute Gasteiger partial charge is 0.394 e. The van der Waals surface area contributed by atoms with Gasteiger partial charge < -0.3 is 15.0 Å². The average Bonchev–Trinajstić information content (AvgIpc) is 3.15. The molecule has 0 aliphatic carbocycles.